The Hall–Kier alpha value is -1.80. The number of anilines is 1. The first kappa shape index (κ1) is 13.6. The molecule has 0 aliphatic carbocycles. The Morgan fingerprint density at radius 1 is 1.05 bits per heavy atom. The third kappa shape index (κ3) is 2.96. The van der Waals surface area contributed by atoms with E-state index in [1.807, 2.05) is 45.0 Å². The van der Waals surface area contributed by atoms with E-state index in [9.17, 15) is 4.79 Å². The zero-order valence-corrected chi connectivity index (χ0v) is 12.0. The Morgan fingerprint density at radius 3 is 2.26 bits per heavy atom. The van der Waals surface area contributed by atoms with Crippen molar-refractivity contribution in [3.63, 3.8) is 0 Å². The van der Waals surface area contributed by atoms with Gasteiger partial charge in [-0.2, -0.15) is 0 Å². The fourth-order valence-corrected chi connectivity index (χ4v) is 2.32. The molecule has 0 heterocycles. The van der Waals surface area contributed by atoms with Crippen LogP contribution in [0.2, 0.25) is 5.02 Å². The van der Waals surface area contributed by atoms with Gasteiger partial charge >= 0.3 is 0 Å². The van der Waals surface area contributed by atoms with Crippen molar-refractivity contribution in [3.05, 3.63) is 63.7 Å². The normalized spacial score (nSPS) is 10.3. The second-order valence-corrected chi connectivity index (χ2v) is 5.11. The van der Waals surface area contributed by atoms with E-state index in [1.54, 1.807) is 12.1 Å². The topological polar surface area (TPSA) is 29.1 Å². The van der Waals surface area contributed by atoms with E-state index >= 15 is 0 Å². The molecule has 2 aromatic rings. The van der Waals surface area contributed by atoms with Crippen LogP contribution in [0.25, 0.3) is 0 Å². The number of carbonyl (C=O) groups is 1. The van der Waals surface area contributed by atoms with Crippen LogP contribution in [0.3, 0.4) is 0 Å². The molecule has 0 spiro atoms. The van der Waals surface area contributed by atoms with Gasteiger partial charge in [0.2, 0.25) is 0 Å². The van der Waals surface area contributed by atoms with Gasteiger partial charge in [-0.15, -0.1) is 0 Å². The molecule has 0 saturated carbocycles. The molecular weight excluding hydrogens is 258 g/mol. The van der Waals surface area contributed by atoms with Gasteiger partial charge in [0.15, 0.2) is 0 Å². The Morgan fingerprint density at radius 2 is 1.68 bits per heavy atom. The minimum Gasteiger partial charge on any atom is -0.321 e. The van der Waals surface area contributed by atoms with Gasteiger partial charge in [-0.25, -0.2) is 0 Å². The molecule has 2 aromatic carbocycles. The minimum absolute atomic E-state index is 0.178. The lowest BCUT2D eigenvalue weighted by atomic mass is 10.1. The molecule has 2 nitrogen and oxygen atoms in total. The predicted octanol–water partition coefficient (Wildman–Crippen LogP) is 4.52. The molecule has 19 heavy (non-hydrogen) atoms. The van der Waals surface area contributed by atoms with Gasteiger partial charge in [-0.1, -0.05) is 35.9 Å². The molecule has 0 saturated heterocycles. The van der Waals surface area contributed by atoms with Gasteiger partial charge in [0, 0.05) is 5.69 Å². The number of halogens is 1. The second kappa shape index (κ2) is 5.45. The van der Waals surface area contributed by atoms with Gasteiger partial charge in [-0.05, 0) is 49.6 Å². The average Bonchev–Trinajstić information content (AvgIpc) is 2.33. The van der Waals surface area contributed by atoms with Crippen LogP contribution in [0, 0.1) is 20.8 Å². The van der Waals surface area contributed by atoms with Gasteiger partial charge in [0.1, 0.15) is 0 Å². The number of hydrogen-bond acceptors (Lipinski definition) is 1. The molecule has 0 atom stereocenters. The van der Waals surface area contributed by atoms with Crippen LogP contribution in [0.5, 0.6) is 0 Å². The fourth-order valence-electron chi connectivity index (χ4n) is 2.00. The van der Waals surface area contributed by atoms with Gasteiger partial charge in [0.25, 0.3) is 5.91 Å². The van der Waals surface area contributed by atoms with E-state index in [0.29, 0.717) is 10.6 Å². The lowest BCUT2D eigenvalue weighted by molar-refractivity contribution is 0.102. The maximum absolute atomic E-state index is 12.3. The van der Waals surface area contributed by atoms with Crippen LogP contribution in [0.4, 0.5) is 5.69 Å². The first-order chi connectivity index (χ1) is 8.99. The molecule has 98 valence electrons. The summed E-state index contributed by atoms with van der Waals surface area (Å²) in [5, 5.41) is 3.41. The number of hydrogen-bond donors (Lipinski definition) is 1. The van der Waals surface area contributed by atoms with E-state index in [2.05, 4.69) is 5.32 Å². The molecule has 3 heteroatoms. The molecule has 0 fully saturated rings. The van der Waals surface area contributed by atoms with Crippen LogP contribution in [0.15, 0.2) is 36.4 Å². The Kier molecular flexibility index (Phi) is 3.91. The van der Waals surface area contributed by atoms with Crippen LogP contribution >= 0.6 is 11.6 Å². The summed E-state index contributed by atoms with van der Waals surface area (Å²) in [6.07, 6.45) is 0. The molecule has 0 aliphatic rings. The van der Waals surface area contributed by atoms with E-state index in [-0.39, 0.29) is 5.91 Å². The molecule has 0 aliphatic heterocycles. The Balaban J connectivity index is 2.31. The van der Waals surface area contributed by atoms with Gasteiger partial charge in [-0.3, -0.25) is 4.79 Å². The number of rotatable bonds is 2. The van der Waals surface area contributed by atoms with E-state index in [4.69, 9.17) is 11.6 Å². The highest BCUT2D eigenvalue weighted by Gasteiger charge is 2.12. The zero-order chi connectivity index (χ0) is 14.0. The van der Waals surface area contributed by atoms with Gasteiger partial charge < -0.3 is 5.32 Å². The minimum atomic E-state index is -0.178. The highest BCUT2D eigenvalue weighted by Crippen LogP contribution is 2.23. The van der Waals surface area contributed by atoms with Crippen molar-refractivity contribution in [3.8, 4) is 0 Å². The molecule has 0 unspecified atom stereocenters. The first-order valence-corrected chi connectivity index (χ1v) is 6.50. The monoisotopic (exact) mass is 273 g/mol. The molecule has 0 aromatic heterocycles. The fraction of sp³-hybridized carbons (Fsp3) is 0.188. The SMILES string of the molecule is Cc1ccc(C(=O)Nc2c(C)cccc2C)c(Cl)c1. The van der Waals surface area contributed by atoms with Crippen LogP contribution in [-0.4, -0.2) is 5.91 Å². The van der Waals surface area contributed by atoms with Crippen LogP contribution in [-0.2, 0) is 0 Å². The summed E-state index contributed by atoms with van der Waals surface area (Å²) < 4.78 is 0. The summed E-state index contributed by atoms with van der Waals surface area (Å²) in [4.78, 5) is 12.3. The molecular formula is C16H16ClNO. The summed E-state index contributed by atoms with van der Waals surface area (Å²) in [7, 11) is 0. The third-order valence-electron chi connectivity index (χ3n) is 3.09. The quantitative estimate of drug-likeness (QED) is 0.856. The molecule has 1 N–H and O–H groups in total. The number of para-hydroxylation sites is 1. The number of carbonyl (C=O) groups excluding carboxylic acids is 1. The average molecular weight is 274 g/mol. The summed E-state index contributed by atoms with van der Waals surface area (Å²) >= 11 is 6.11. The zero-order valence-electron chi connectivity index (χ0n) is 11.3. The van der Waals surface area contributed by atoms with E-state index in [0.717, 1.165) is 22.4 Å². The van der Waals surface area contributed by atoms with E-state index < -0.39 is 0 Å². The van der Waals surface area contributed by atoms with Crippen molar-refractivity contribution in [2.75, 3.05) is 5.32 Å². The largest absolute Gasteiger partial charge is 0.321 e. The van der Waals surface area contributed by atoms with Crippen LogP contribution in [0.1, 0.15) is 27.0 Å². The van der Waals surface area contributed by atoms with Crippen molar-refractivity contribution in [1.29, 1.82) is 0 Å². The highest BCUT2D eigenvalue weighted by atomic mass is 35.5. The molecule has 0 radical (unpaired) electrons. The van der Waals surface area contributed by atoms with E-state index in [1.165, 1.54) is 0 Å². The highest BCUT2D eigenvalue weighted by molar-refractivity contribution is 6.34. The van der Waals surface area contributed by atoms with Crippen molar-refractivity contribution in [2.24, 2.45) is 0 Å². The number of nitrogens with one attached hydrogen (secondary N) is 1. The first-order valence-electron chi connectivity index (χ1n) is 6.13. The molecule has 1 amide bonds. The number of aryl methyl sites for hydroxylation is 3. The number of benzene rings is 2. The molecule has 2 rings (SSSR count). The predicted molar refractivity (Wildman–Crippen MR) is 80.1 cm³/mol. The second-order valence-electron chi connectivity index (χ2n) is 4.70. The van der Waals surface area contributed by atoms with Crippen molar-refractivity contribution in [2.45, 2.75) is 20.8 Å². The maximum atomic E-state index is 12.3. The smallest absolute Gasteiger partial charge is 0.257 e. The third-order valence-corrected chi connectivity index (χ3v) is 3.40. The molecule has 0 bridgehead atoms. The summed E-state index contributed by atoms with van der Waals surface area (Å²) in [5.74, 6) is -0.178. The summed E-state index contributed by atoms with van der Waals surface area (Å²) in [6.45, 7) is 5.89. The van der Waals surface area contributed by atoms with Gasteiger partial charge in [0.05, 0.1) is 10.6 Å². The summed E-state index contributed by atoms with van der Waals surface area (Å²) in [5.41, 5.74) is 4.46. The maximum Gasteiger partial charge on any atom is 0.257 e. The standard InChI is InChI=1S/C16H16ClNO/c1-10-7-8-13(14(17)9-10)16(19)18-15-11(2)5-4-6-12(15)3/h4-9H,1-3H3,(H,18,19). The van der Waals surface area contributed by atoms with Crippen LogP contribution < -0.4 is 5.32 Å². The van der Waals surface area contributed by atoms with Crippen molar-refractivity contribution in [1.82, 2.24) is 0 Å². The van der Waals surface area contributed by atoms with Crippen molar-refractivity contribution < 1.29 is 4.79 Å². The van der Waals surface area contributed by atoms with Crippen molar-refractivity contribution >= 4 is 23.2 Å². The Labute approximate surface area is 118 Å². The lowest BCUT2D eigenvalue weighted by Gasteiger charge is -2.12. The summed E-state index contributed by atoms with van der Waals surface area (Å²) in [6, 6.07) is 11.3. The number of amides is 1. The lowest BCUT2D eigenvalue weighted by Crippen LogP contribution is -2.14. The Bertz CT molecular complexity index is 614.